The molecule has 0 saturated heterocycles. The number of hydrogen-bond acceptors (Lipinski definition) is 5. The Labute approximate surface area is 160 Å². The first-order valence-electron chi connectivity index (χ1n) is 9.54. The van der Waals surface area contributed by atoms with Gasteiger partial charge in [0, 0.05) is 6.20 Å². The maximum Gasteiger partial charge on any atom is 0.408 e. The molecule has 1 aromatic heterocycles. The van der Waals surface area contributed by atoms with Crippen LogP contribution in [0.5, 0.6) is 0 Å². The second-order valence-corrected chi connectivity index (χ2v) is 8.34. The van der Waals surface area contributed by atoms with Gasteiger partial charge in [-0.05, 0) is 63.1 Å². The van der Waals surface area contributed by atoms with Crippen molar-refractivity contribution in [2.24, 2.45) is 11.8 Å². The van der Waals surface area contributed by atoms with E-state index < -0.39 is 17.7 Å². The lowest BCUT2D eigenvalue weighted by molar-refractivity contribution is -0.119. The van der Waals surface area contributed by atoms with E-state index in [1.54, 1.807) is 32.9 Å². The van der Waals surface area contributed by atoms with Gasteiger partial charge < -0.3 is 20.5 Å². The van der Waals surface area contributed by atoms with Crippen molar-refractivity contribution in [1.29, 1.82) is 0 Å². The maximum absolute atomic E-state index is 12.9. The summed E-state index contributed by atoms with van der Waals surface area (Å²) in [5.74, 6) is 0.721. The molecule has 2 rings (SSSR count). The number of ether oxygens (including phenoxy) is 1. The SMILES string of the molecule is CC(C)(C)OC(=O)N[C@H](C(=O)Nc1cc(CO)ccn1)[C@H]1CC[C@H](C)CC1. The number of aliphatic hydroxyl groups is 1. The summed E-state index contributed by atoms with van der Waals surface area (Å²) in [5, 5.41) is 14.8. The zero-order valence-corrected chi connectivity index (χ0v) is 16.6. The van der Waals surface area contributed by atoms with Crippen molar-refractivity contribution in [3.63, 3.8) is 0 Å². The van der Waals surface area contributed by atoms with Gasteiger partial charge in [0.2, 0.25) is 5.91 Å². The average Bonchev–Trinajstić information content (AvgIpc) is 2.59. The van der Waals surface area contributed by atoms with Crippen LogP contribution in [0.25, 0.3) is 0 Å². The van der Waals surface area contributed by atoms with Crippen LogP contribution in [0.15, 0.2) is 18.3 Å². The standard InChI is InChI=1S/C20H31N3O4/c1-13-5-7-15(8-6-13)17(23-19(26)27-20(2,3)4)18(25)22-16-11-14(12-24)9-10-21-16/h9-11,13,15,17,24H,5-8,12H2,1-4H3,(H,23,26)(H,21,22,25)/t13-,15-,17-/m0/s1. The third-order valence-corrected chi connectivity index (χ3v) is 4.74. The van der Waals surface area contributed by atoms with Gasteiger partial charge >= 0.3 is 6.09 Å². The fourth-order valence-electron chi connectivity index (χ4n) is 3.30. The molecular formula is C20H31N3O4. The molecule has 27 heavy (non-hydrogen) atoms. The summed E-state index contributed by atoms with van der Waals surface area (Å²) >= 11 is 0. The molecule has 7 nitrogen and oxygen atoms in total. The molecule has 0 aliphatic heterocycles. The van der Waals surface area contributed by atoms with Crippen molar-refractivity contribution < 1.29 is 19.4 Å². The summed E-state index contributed by atoms with van der Waals surface area (Å²) in [6.45, 7) is 7.43. The largest absolute Gasteiger partial charge is 0.444 e. The molecule has 0 aromatic carbocycles. The van der Waals surface area contributed by atoms with Gasteiger partial charge in [-0.1, -0.05) is 19.8 Å². The number of carbonyl (C=O) groups excluding carboxylic acids is 2. The minimum absolute atomic E-state index is 0.0507. The van der Waals surface area contributed by atoms with E-state index in [9.17, 15) is 14.7 Å². The number of nitrogens with one attached hydrogen (secondary N) is 2. The van der Waals surface area contributed by atoms with E-state index in [-0.39, 0.29) is 18.4 Å². The first kappa shape index (κ1) is 21.2. The Balaban J connectivity index is 2.12. The van der Waals surface area contributed by atoms with Crippen LogP contribution >= 0.6 is 0 Å². The molecule has 1 fully saturated rings. The minimum Gasteiger partial charge on any atom is -0.444 e. The van der Waals surface area contributed by atoms with Gasteiger partial charge in [0.1, 0.15) is 17.5 Å². The van der Waals surface area contributed by atoms with Crippen molar-refractivity contribution in [2.45, 2.75) is 71.6 Å². The molecule has 0 bridgehead atoms. The van der Waals surface area contributed by atoms with Crippen LogP contribution < -0.4 is 10.6 Å². The predicted octanol–water partition coefficient (Wildman–Crippen LogP) is 3.23. The van der Waals surface area contributed by atoms with Gasteiger partial charge in [-0.25, -0.2) is 9.78 Å². The predicted molar refractivity (Wildman–Crippen MR) is 103 cm³/mol. The number of amides is 2. The highest BCUT2D eigenvalue weighted by atomic mass is 16.6. The maximum atomic E-state index is 12.9. The Morgan fingerprint density at radius 3 is 2.56 bits per heavy atom. The third-order valence-electron chi connectivity index (χ3n) is 4.74. The molecule has 1 saturated carbocycles. The Morgan fingerprint density at radius 2 is 1.96 bits per heavy atom. The van der Waals surface area contributed by atoms with Crippen molar-refractivity contribution in [2.75, 3.05) is 5.32 Å². The molecule has 1 aliphatic rings. The molecule has 1 aliphatic carbocycles. The van der Waals surface area contributed by atoms with Crippen LogP contribution in [0.2, 0.25) is 0 Å². The van der Waals surface area contributed by atoms with E-state index in [0.29, 0.717) is 17.3 Å². The van der Waals surface area contributed by atoms with E-state index in [2.05, 4.69) is 22.5 Å². The number of carbonyl (C=O) groups is 2. The van der Waals surface area contributed by atoms with Crippen LogP contribution in [0.3, 0.4) is 0 Å². The molecule has 0 spiro atoms. The van der Waals surface area contributed by atoms with Crippen molar-refractivity contribution in [3.8, 4) is 0 Å². The first-order chi connectivity index (χ1) is 12.7. The number of nitrogens with zero attached hydrogens (tertiary/aromatic N) is 1. The van der Waals surface area contributed by atoms with E-state index in [4.69, 9.17) is 4.74 Å². The van der Waals surface area contributed by atoms with Crippen molar-refractivity contribution in [3.05, 3.63) is 23.9 Å². The molecule has 150 valence electrons. The molecule has 0 radical (unpaired) electrons. The van der Waals surface area contributed by atoms with Gasteiger partial charge in [0.25, 0.3) is 0 Å². The summed E-state index contributed by atoms with van der Waals surface area (Å²) in [5.41, 5.74) is 0.0203. The van der Waals surface area contributed by atoms with Gasteiger partial charge in [-0.2, -0.15) is 0 Å². The third kappa shape index (κ3) is 6.82. The second-order valence-electron chi connectivity index (χ2n) is 8.34. The van der Waals surface area contributed by atoms with Crippen LogP contribution in [-0.4, -0.2) is 33.7 Å². The highest BCUT2D eigenvalue weighted by Gasteiger charge is 2.33. The lowest BCUT2D eigenvalue weighted by atomic mass is 9.79. The molecule has 7 heteroatoms. The lowest BCUT2D eigenvalue weighted by Gasteiger charge is -2.32. The number of aromatic nitrogens is 1. The van der Waals surface area contributed by atoms with Crippen LogP contribution in [0.4, 0.5) is 10.6 Å². The zero-order chi connectivity index (χ0) is 20.0. The van der Waals surface area contributed by atoms with Gasteiger partial charge in [-0.15, -0.1) is 0 Å². The zero-order valence-electron chi connectivity index (χ0n) is 16.6. The van der Waals surface area contributed by atoms with Gasteiger partial charge in [-0.3, -0.25) is 4.79 Å². The molecule has 3 N–H and O–H groups in total. The topological polar surface area (TPSA) is 101 Å². The Hall–Kier alpha value is -2.15. The number of alkyl carbamates (subject to hydrolysis) is 1. The summed E-state index contributed by atoms with van der Waals surface area (Å²) in [4.78, 5) is 29.3. The first-order valence-corrected chi connectivity index (χ1v) is 9.54. The van der Waals surface area contributed by atoms with E-state index in [1.807, 2.05) is 0 Å². The number of hydrogen-bond donors (Lipinski definition) is 3. The van der Waals surface area contributed by atoms with E-state index in [1.165, 1.54) is 6.20 Å². The Morgan fingerprint density at radius 1 is 1.30 bits per heavy atom. The molecule has 0 unspecified atom stereocenters. The van der Waals surface area contributed by atoms with E-state index >= 15 is 0 Å². The summed E-state index contributed by atoms with van der Waals surface area (Å²) < 4.78 is 5.34. The lowest BCUT2D eigenvalue weighted by Crippen LogP contribution is -2.50. The van der Waals surface area contributed by atoms with Gasteiger partial charge in [0.15, 0.2) is 0 Å². The summed E-state index contributed by atoms with van der Waals surface area (Å²) in [6.07, 6.45) is 4.74. The van der Waals surface area contributed by atoms with Crippen molar-refractivity contribution in [1.82, 2.24) is 10.3 Å². The number of anilines is 1. The summed E-state index contributed by atoms with van der Waals surface area (Å²) in [6, 6.07) is 2.60. The number of aliphatic hydroxyl groups excluding tert-OH is 1. The fourth-order valence-corrected chi connectivity index (χ4v) is 3.30. The molecule has 1 aromatic rings. The smallest absolute Gasteiger partial charge is 0.408 e. The summed E-state index contributed by atoms with van der Waals surface area (Å²) in [7, 11) is 0. The van der Waals surface area contributed by atoms with Gasteiger partial charge in [0.05, 0.1) is 6.61 Å². The highest BCUT2D eigenvalue weighted by molar-refractivity contribution is 5.96. The Kier molecular flexibility index (Phi) is 7.18. The average molecular weight is 377 g/mol. The minimum atomic E-state index is -0.688. The van der Waals surface area contributed by atoms with Crippen LogP contribution in [-0.2, 0) is 16.1 Å². The normalized spacial score (nSPS) is 21.2. The number of pyridine rings is 1. The fraction of sp³-hybridized carbons (Fsp3) is 0.650. The molecule has 1 heterocycles. The number of rotatable bonds is 5. The van der Waals surface area contributed by atoms with Crippen LogP contribution in [0.1, 0.15) is 58.9 Å². The van der Waals surface area contributed by atoms with E-state index in [0.717, 1.165) is 25.7 Å². The molecule has 2 amide bonds. The molecule has 1 atom stereocenters. The Bertz CT molecular complexity index is 649. The quantitative estimate of drug-likeness (QED) is 0.731. The monoisotopic (exact) mass is 377 g/mol. The van der Waals surface area contributed by atoms with Crippen molar-refractivity contribution >= 4 is 17.8 Å². The second kappa shape index (κ2) is 9.17. The van der Waals surface area contributed by atoms with Crippen LogP contribution in [0, 0.1) is 11.8 Å². The molecular weight excluding hydrogens is 346 g/mol. The highest BCUT2D eigenvalue weighted by Crippen LogP contribution is 2.31.